The second-order valence-electron chi connectivity index (χ2n) is 11.6. The van der Waals surface area contributed by atoms with Gasteiger partial charge in [-0.1, -0.05) is 109 Å². The summed E-state index contributed by atoms with van der Waals surface area (Å²) in [4.78, 5) is 0. The zero-order valence-corrected chi connectivity index (χ0v) is 23.9. The lowest BCUT2D eigenvalue weighted by molar-refractivity contribution is 0.559. The summed E-state index contributed by atoms with van der Waals surface area (Å²) in [7, 11) is -1.63. The van der Waals surface area contributed by atoms with Gasteiger partial charge in [0.25, 0.3) is 0 Å². The zero-order valence-electron chi connectivity index (χ0n) is 22.9. The smallest absolute Gasteiger partial charge is 0.0807 e. The molecule has 0 amide bonds. The fourth-order valence-corrected chi connectivity index (χ4v) is 9.03. The van der Waals surface area contributed by atoms with Gasteiger partial charge >= 0.3 is 0 Å². The van der Waals surface area contributed by atoms with Gasteiger partial charge in [-0.2, -0.15) is 0 Å². The van der Waals surface area contributed by atoms with Crippen LogP contribution in [0.5, 0.6) is 0 Å². The van der Waals surface area contributed by atoms with Crippen LogP contribution in [0.3, 0.4) is 0 Å². The van der Waals surface area contributed by atoms with Gasteiger partial charge < -0.3 is 9.13 Å². The van der Waals surface area contributed by atoms with Crippen LogP contribution in [0.15, 0.2) is 121 Å². The third-order valence-corrected chi connectivity index (χ3v) is 12.2. The third-order valence-electron chi connectivity index (χ3n) is 8.73. The normalized spacial score (nSPS) is 13.1. The van der Waals surface area contributed by atoms with Crippen LogP contribution in [-0.2, 0) is 0 Å². The Morgan fingerprint density at radius 3 is 1.44 bits per heavy atom. The van der Waals surface area contributed by atoms with Gasteiger partial charge in [0.05, 0.1) is 19.1 Å². The summed E-state index contributed by atoms with van der Waals surface area (Å²) < 4.78 is 4.98. The summed E-state index contributed by atoms with van der Waals surface area (Å²) in [6, 6.07) is 46.4. The fraction of sp³-hybridized carbons (Fsp3) is 0.167. The van der Waals surface area contributed by atoms with E-state index in [2.05, 4.69) is 150 Å². The van der Waals surface area contributed by atoms with Gasteiger partial charge in [0, 0.05) is 44.3 Å². The van der Waals surface area contributed by atoms with Crippen LogP contribution in [0.25, 0.3) is 49.3 Å². The van der Waals surface area contributed by atoms with Crippen molar-refractivity contribution in [3.8, 4) is 5.69 Å². The molecular formula is C36H34N2Si. The minimum Gasteiger partial charge on any atom is -0.338 e. The first-order valence-electron chi connectivity index (χ1n) is 14.1. The van der Waals surface area contributed by atoms with Crippen molar-refractivity contribution in [3.63, 3.8) is 0 Å². The van der Waals surface area contributed by atoms with Crippen molar-refractivity contribution >= 4 is 56.9 Å². The van der Waals surface area contributed by atoms with Crippen molar-refractivity contribution in [2.45, 2.75) is 38.5 Å². The van der Waals surface area contributed by atoms with Crippen molar-refractivity contribution in [2.75, 3.05) is 0 Å². The van der Waals surface area contributed by atoms with Crippen LogP contribution in [0, 0.1) is 0 Å². The summed E-state index contributed by atoms with van der Waals surface area (Å²) in [6.07, 6.45) is 1.18. The van der Waals surface area contributed by atoms with Crippen molar-refractivity contribution in [3.05, 3.63) is 121 Å². The van der Waals surface area contributed by atoms with E-state index < -0.39 is 8.07 Å². The minimum atomic E-state index is -1.63. The SMILES string of the molecule is CC(CC[Si](C)(C)c1ccc(-n2c3ccccc3c3ccccc32)cc1)n1c2ccccc2c2ccccc21. The van der Waals surface area contributed by atoms with E-state index in [1.165, 1.54) is 67.0 Å². The van der Waals surface area contributed by atoms with E-state index in [-0.39, 0.29) is 0 Å². The van der Waals surface area contributed by atoms with Crippen molar-refractivity contribution in [1.29, 1.82) is 0 Å². The molecule has 2 heterocycles. The molecule has 0 N–H and O–H groups in total. The highest BCUT2D eigenvalue weighted by Crippen LogP contribution is 2.34. The second-order valence-corrected chi connectivity index (χ2v) is 16.4. The molecule has 0 spiro atoms. The summed E-state index contributed by atoms with van der Waals surface area (Å²) in [5.41, 5.74) is 6.47. The Bertz CT molecular complexity index is 1850. The van der Waals surface area contributed by atoms with Gasteiger partial charge in [-0.25, -0.2) is 0 Å². The molecule has 2 aromatic heterocycles. The largest absolute Gasteiger partial charge is 0.338 e. The molecule has 0 fully saturated rings. The van der Waals surface area contributed by atoms with Crippen LogP contribution in [-0.4, -0.2) is 17.2 Å². The first kappa shape index (κ1) is 24.0. The molecule has 7 aromatic rings. The Labute approximate surface area is 231 Å². The van der Waals surface area contributed by atoms with E-state index >= 15 is 0 Å². The van der Waals surface area contributed by atoms with Gasteiger partial charge in [0.2, 0.25) is 0 Å². The fourth-order valence-electron chi connectivity index (χ4n) is 6.53. The van der Waals surface area contributed by atoms with Crippen molar-refractivity contribution in [1.82, 2.24) is 9.13 Å². The standard InChI is InChI=1S/C36H34N2Si/c1-26(37-33-16-8-4-12-29(33)30-13-5-9-17-34(30)37)24-25-39(2,3)28-22-20-27(21-23-28)38-35-18-10-6-14-31(35)32-15-7-11-19-36(32)38/h4-23,26H,24-25H2,1-3H3. The van der Waals surface area contributed by atoms with E-state index in [1.54, 1.807) is 0 Å². The average molecular weight is 523 g/mol. The Balaban J connectivity index is 1.18. The zero-order chi connectivity index (χ0) is 26.6. The van der Waals surface area contributed by atoms with Gasteiger partial charge in [0.15, 0.2) is 0 Å². The van der Waals surface area contributed by atoms with Crippen LogP contribution < -0.4 is 5.19 Å². The number of hydrogen-bond acceptors (Lipinski definition) is 0. The number of nitrogens with zero attached hydrogens (tertiary/aromatic N) is 2. The van der Waals surface area contributed by atoms with Crippen LogP contribution >= 0.6 is 0 Å². The van der Waals surface area contributed by atoms with Gasteiger partial charge in [-0.3, -0.25) is 0 Å². The highest BCUT2D eigenvalue weighted by atomic mass is 28.3. The quantitative estimate of drug-likeness (QED) is 0.192. The monoisotopic (exact) mass is 522 g/mol. The molecule has 1 unspecified atom stereocenters. The van der Waals surface area contributed by atoms with Gasteiger partial charge in [0.1, 0.15) is 0 Å². The van der Waals surface area contributed by atoms with E-state index in [0.717, 1.165) is 0 Å². The molecule has 0 aliphatic rings. The molecule has 2 nitrogen and oxygen atoms in total. The number of para-hydroxylation sites is 4. The number of fused-ring (bicyclic) bond motifs is 6. The first-order chi connectivity index (χ1) is 19.0. The summed E-state index contributed by atoms with van der Waals surface area (Å²) >= 11 is 0. The first-order valence-corrected chi connectivity index (χ1v) is 17.3. The molecule has 0 saturated carbocycles. The van der Waals surface area contributed by atoms with Crippen LogP contribution in [0.1, 0.15) is 19.4 Å². The van der Waals surface area contributed by atoms with E-state index in [9.17, 15) is 0 Å². The van der Waals surface area contributed by atoms with E-state index in [4.69, 9.17) is 0 Å². The van der Waals surface area contributed by atoms with E-state index in [0.29, 0.717) is 6.04 Å². The Kier molecular flexibility index (Phi) is 5.71. The lowest BCUT2D eigenvalue weighted by Gasteiger charge is -2.26. The number of rotatable bonds is 6. The third kappa shape index (κ3) is 3.92. The molecule has 3 heteroatoms. The Hall–Kier alpha value is -4.08. The summed E-state index contributed by atoms with van der Waals surface area (Å²) in [5.74, 6) is 0. The predicted molar refractivity (Wildman–Crippen MR) is 171 cm³/mol. The molecule has 39 heavy (non-hydrogen) atoms. The lowest BCUT2D eigenvalue weighted by atomic mass is 10.2. The molecule has 7 rings (SSSR count). The predicted octanol–water partition coefficient (Wildman–Crippen LogP) is 9.46. The summed E-state index contributed by atoms with van der Waals surface area (Å²) in [5, 5.41) is 6.87. The van der Waals surface area contributed by atoms with Crippen molar-refractivity contribution < 1.29 is 0 Å². The molecule has 0 saturated heterocycles. The number of aromatic nitrogens is 2. The highest BCUT2D eigenvalue weighted by Gasteiger charge is 2.25. The maximum atomic E-state index is 2.57. The van der Waals surface area contributed by atoms with Gasteiger partial charge in [-0.05, 0) is 49.7 Å². The molecule has 1 atom stereocenters. The number of benzene rings is 5. The topological polar surface area (TPSA) is 9.86 Å². The molecule has 192 valence electrons. The highest BCUT2D eigenvalue weighted by molar-refractivity contribution is 6.89. The second kappa shape index (κ2) is 9.28. The molecule has 5 aromatic carbocycles. The van der Waals surface area contributed by atoms with Gasteiger partial charge in [-0.15, -0.1) is 0 Å². The maximum absolute atomic E-state index is 2.57. The average Bonchev–Trinajstić information content (AvgIpc) is 3.49. The Morgan fingerprint density at radius 1 is 0.538 bits per heavy atom. The van der Waals surface area contributed by atoms with Crippen LogP contribution in [0.2, 0.25) is 19.1 Å². The lowest BCUT2D eigenvalue weighted by Crippen LogP contribution is -2.41. The number of hydrogen-bond donors (Lipinski definition) is 0. The maximum Gasteiger partial charge on any atom is 0.0807 e. The molecule has 0 radical (unpaired) electrons. The molecular weight excluding hydrogens is 488 g/mol. The minimum absolute atomic E-state index is 0.443. The van der Waals surface area contributed by atoms with Crippen molar-refractivity contribution in [2.24, 2.45) is 0 Å². The summed E-state index contributed by atoms with van der Waals surface area (Å²) in [6.45, 7) is 7.46. The Morgan fingerprint density at radius 2 is 0.949 bits per heavy atom. The molecule has 0 bridgehead atoms. The molecule has 0 aliphatic carbocycles. The van der Waals surface area contributed by atoms with E-state index in [1.807, 2.05) is 0 Å². The molecule has 0 aliphatic heterocycles. The van der Waals surface area contributed by atoms with Crippen LogP contribution in [0.4, 0.5) is 0 Å².